The van der Waals surface area contributed by atoms with Crippen LogP contribution < -0.4 is 5.32 Å². The number of nitrogens with one attached hydrogen (secondary N) is 1. The molecule has 1 saturated heterocycles. The first-order valence-corrected chi connectivity index (χ1v) is 9.37. The third kappa shape index (κ3) is 5.35. The second kappa shape index (κ2) is 8.41. The summed E-state index contributed by atoms with van der Waals surface area (Å²) in [7, 11) is 0. The molecule has 1 aliphatic rings. The molecule has 3 rings (SSSR count). The van der Waals surface area contributed by atoms with Crippen molar-refractivity contribution in [2.45, 2.75) is 19.4 Å². The van der Waals surface area contributed by atoms with Crippen LogP contribution in [0.3, 0.4) is 0 Å². The van der Waals surface area contributed by atoms with Gasteiger partial charge in [0.1, 0.15) is 0 Å². The lowest BCUT2D eigenvalue weighted by Crippen LogP contribution is -2.40. The molecule has 1 fully saturated rings. The number of hydrogen-bond donors (Lipinski definition) is 1. The van der Waals surface area contributed by atoms with Gasteiger partial charge in [0.05, 0.1) is 5.92 Å². The molecule has 0 unspecified atom stereocenters. The van der Waals surface area contributed by atoms with Crippen LogP contribution in [-0.2, 0) is 11.3 Å². The summed E-state index contributed by atoms with van der Waals surface area (Å²) < 4.78 is 0. The van der Waals surface area contributed by atoms with Gasteiger partial charge in [0.25, 0.3) is 0 Å². The lowest BCUT2D eigenvalue weighted by Gasteiger charge is -2.32. The van der Waals surface area contributed by atoms with Crippen LogP contribution in [0.2, 0.25) is 15.1 Å². The van der Waals surface area contributed by atoms with Crippen LogP contribution in [-0.4, -0.2) is 23.9 Å². The first-order chi connectivity index (χ1) is 12.0. The standard InChI is InChI=1S/C19H19Cl3N2O/c20-15-5-3-13(4-6-15)11-24-7-1-2-14(12-24)19(25)23-18-9-16(21)8-17(22)10-18/h3-6,8-10,14H,1-2,7,11-12H2,(H,23,25)/t14-/m0/s1. The minimum absolute atomic E-state index is 0.0131. The van der Waals surface area contributed by atoms with Gasteiger partial charge in [0.2, 0.25) is 5.91 Å². The van der Waals surface area contributed by atoms with E-state index in [1.807, 2.05) is 24.3 Å². The second-order valence-electron chi connectivity index (χ2n) is 6.35. The van der Waals surface area contributed by atoms with Gasteiger partial charge in [0.15, 0.2) is 0 Å². The van der Waals surface area contributed by atoms with Crippen molar-refractivity contribution in [1.29, 1.82) is 0 Å². The monoisotopic (exact) mass is 396 g/mol. The van der Waals surface area contributed by atoms with Crippen molar-refractivity contribution >= 4 is 46.4 Å². The van der Waals surface area contributed by atoms with E-state index in [9.17, 15) is 4.79 Å². The molecule has 1 heterocycles. The molecule has 0 radical (unpaired) electrons. The number of halogens is 3. The Labute approximate surface area is 162 Å². The van der Waals surface area contributed by atoms with E-state index in [0.717, 1.165) is 37.5 Å². The second-order valence-corrected chi connectivity index (χ2v) is 7.66. The Kier molecular flexibility index (Phi) is 6.24. The van der Waals surface area contributed by atoms with Crippen molar-refractivity contribution in [2.24, 2.45) is 5.92 Å². The molecule has 25 heavy (non-hydrogen) atoms. The van der Waals surface area contributed by atoms with Crippen molar-refractivity contribution in [1.82, 2.24) is 4.90 Å². The summed E-state index contributed by atoms with van der Waals surface area (Å²) in [5.74, 6) is -0.0297. The van der Waals surface area contributed by atoms with Gasteiger partial charge < -0.3 is 5.32 Å². The van der Waals surface area contributed by atoms with Crippen LogP contribution in [0, 0.1) is 5.92 Å². The van der Waals surface area contributed by atoms with Gasteiger partial charge in [-0.3, -0.25) is 9.69 Å². The normalized spacial score (nSPS) is 18.1. The molecular weight excluding hydrogens is 379 g/mol. The quantitative estimate of drug-likeness (QED) is 0.739. The number of piperidine rings is 1. The molecule has 0 aliphatic carbocycles. The third-order valence-electron chi connectivity index (χ3n) is 4.33. The lowest BCUT2D eigenvalue weighted by molar-refractivity contribution is -0.121. The highest BCUT2D eigenvalue weighted by molar-refractivity contribution is 6.35. The Morgan fingerprint density at radius 1 is 1.04 bits per heavy atom. The maximum absolute atomic E-state index is 12.6. The number of rotatable bonds is 4. The van der Waals surface area contributed by atoms with Crippen molar-refractivity contribution in [3.05, 3.63) is 63.1 Å². The topological polar surface area (TPSA) is 32.3 Å². The summed E-state index contributed by atoms with van der Waals surface area (Å²) in [5, 5.41) is 4.69. The first kappa shape index (κ1) is 18.5. The van der Waals surface area contributed by atoms with Gasteiger partial charge in [0, 0.05) is 33.8 Å². The molecule has 132 valence electrons. The molecule has 6 heteroatoms. The fourth-order valence-corrected chi connectivity index (χ4v) is 3.78. The van der Waals surface area contributed by atoms with Gasteiger partial charge in [-0.25, -0.2) is 0 Å². The van der Waals surface area contributed by atoms with Crippen molar-refractivity contribution < 1.29 is 4.79 Å². The van der Waals surface area contributed by atoms with Gasteiger partial charge in [-0.15, -0.1) is 0 Å². The van der Waals surface area contributed by atoms with E-state index in [1.165, 1.54) is 5.56 Å². The van der Waals surface area contributed by atoms with E-state index in [2.05, 4.69) is 10.2 Å². The minimum atomic E-state index is -0.0428. The van der Waals surface area contributed by atoms with Crippen molar-refractivity contribution in [2.75, 3.05) is 18.4 Å². The Bertz CT molecular complexity index is 729. The van der Waals surface area contributed by atoms with Gasteiger partial charge in [-0.1, -0.05) is 46.9 Å². The zero-order chi connectivity index (χ0) is 17.8. The van der Waals surface area contributed by atoms with Crippen LogP contribution >= 0.6 is 34.8 Å². The van der Waals surface area contributed by atoms with E-state index in [1.54, 1.807) is 18.2 Å². The van der Waals surface area contributed by atoms with Crippen molar-refractivity contribution in [3.63, 3.8) is 0 Å². The van der Waals surface area contributed by atoms with Gasteiger partial charge >= 0.3 is 0 Å². The highest BCUT2D eigenvalue weighted by Crippen LogP contribution is 2.25. The average molecular weight is 398 g/mol. The Hall–Kier alpha value is -1.26. The van der Waals surface area contributed by atoms with Gasteiger partial charge in [-0.2, -0.15) is 0 Å². The predicted octanol–water partition coefficient (Wildman–Crippen LogP) is 5.50. The van der Waals surface area contributed by atoms with E-state index in [4.69, 9.17) is 34.8 Å². The number of carbonyl (C=O) groups excluding carboxylic acids is 1. The van der Waals surface area contributed by atoms with E-state index in [-0.39, 0.29) is 11.8 Å². The molecule has 2 aromatic rings. The van der Waals surface area contributed by atoms with E-state index >= 15 is 0 Å². The summed E-state index contributed by atoms with van der Waals surface area (Å²) in [6, 6.07) is 12.9. The van der Waals surface area contributed by atoms with Crippen LogP contribution in [0.1, 0.15) is 18.4 Å². The van der Waals surface area contributed by atoms with E-state index in [0.29, 0.717) is 15.7 Å². The smallest absolute Gasteiger partial charge is 0.228 e. The maximum atomic E-state index is 12.6. The zero-order valence-electron chi connectivity index (χ0n) is 13.6. The highest BCUT2D eigenvalue weighted by atomic mass is 35.5. The minimum Gasteiger partial charge on any atom is -0.326 e. The maximum Gasteiger partial charge on any atom is 0.228 e. The zero-order valence-corrected chi connectivity index (χ0v) is 15.9. The number of amides is 1. The Morgan fingerprint density at radius 2 is 1.72 bits per heavy atom. The summed E-state index contributed by atoms with van der Waals surface area (Å²) in [5.41, 5.74) is 1.84. The molecular formula is C19H19Cl3N2O. The van der Waals surface area contributed by atoms with Crippen LogP contribution in [0.5, 0.6) is 0 Å². The fraction of sp³-hybridized carbons (Fsp3) is 0.316. The largest absolute Gasteiger partial charge is 0.326 e. The first-order valence-electron chi connectivity index (χ1n) is 8.23. The number of nitrogens with zero attached hydrogens (tertiary/aromatic N) is 1. The lowest BCUT2D eigenvalue weighted by atomic mass is 9.96. The molecule has 1 N–H and O–H groups in total. The van der Waals surface area contributed by atoms with Crippen LogP contribution in [0.15, 0.2) is 42.5 Å². The van der Waals surface area contributed by atoms with Gasteiger partial charge in [-0.05, 0) is 55.3 Å². The molecule has 0 spiro atoms. The highest BCUT2D eigenvalue weighted by Gasteiger charge is 2.26. The summed E-state index contributed by atoms with van der Waals surface area (Å²) >= 11 is 17.9. The summed E-state index contributed by atoms with van der Waals surface area (Å²) in [6.07, 6.45) is 1.89. The average Bonchev–Trinajstić information content (AvgIpc) is 2.56. The number of carbonyl (C=O) groups is 1. The molecule has 1 amide bonds. The molecule has 0 aromatic heterocycles. The van der Waals surface area contributed by atoms with Crippen molar-refractivity contribution in [3.8, 4) is 0 Å². The molecule has 3 nitrogen and oxygen atoms in total. The third-order valence-corrected chi connectivity index (χ3v) is 5.01. The molecule has 0 bridgehead atoms. The molecule has 2 aromatic carbocycles. The summed E-state index contributed by atoms with van der Waals surface area (Å²) in [6.45, 7) is 2.56. The number of hydrogen-bond acceptors (Lipinski definition) is 2. The molecule has 0 saturated carbocycles. The Morgan fingerprint density at radius 3 is 2.40 bits per heavy atom. The van der Waals surface area contributed by atoms with Crippen LogP contribution in [0.4, 0.5) is 5.69 Å². The SMILES string of the molecule is O=C(Nc1cc(Cl)cc(Cl)c1)[C@H]1CCCN(Cc2ccc(Cl)cc2)C1. The number of anilines is 1. The predicted molar refractivity (Wildman–Crippen MR) is 105 cm³/mol. The number of likely N-dealkylation sites (tertiary alicyclic amines) is 1. The molecule has 1 atom stereocenters. The number of benzene rings is 2. The molecule has 1 aliphatic heterocycles. The fourth-order valence-electron chi connectivity index (χ4n) is 3.13. The summed E-state index contributed by atoms with van der Waals surface area (Å²) in [4.78, 5) is 14.9. The van der Waals surface area contributed by atoms with Crippen LogP contribution in [0.25, 0.3) is 0 Å². The van der Waals surface area contributed by atoms with E-state index < -0.39 is 0 Å². The Balaban J connectivity index is 1.60.